The molecule has 0 saturated carbocycles. The fraction of sp³-hybridized carbons (Fsp3) is 0.476. The van der Waals surface area contributed by atoms with Crippen LogP contribution in [0.4, 0.5) is 0 Å². The van der Waals surface area contributed by atoms with Crippen molar-refractivity contribution in [3.05, 3.63) is 39.7 Å². The summed E-state index contributed by atoms with van der Waals surface area (Å²) in [5.41, 5.74) is 1.71. The van der Waals surface area contributed by atoms with Crippen molar-refractivity contribution in [2.24, 2.45) is 0 Å². The number of nitrogens with zero attached hydrogens (tertiary/aromatic N) is 1. The number of likely N-dealkylation sites (tertiary alicyclic amines) is 1. The Kier molecular flexibility index (Phi) is 6.22. The van der Waals surface area contributed by atoms with Gasteiger partial charge >= 0.3 is 11.6 Å². The summed E-state index contributed by atoms with van der Waals surface area (Å²) < 4.78 is 15.9. The first-order valence-electron chi connectivity index (χ1n) is 9.60. The predicted octanol–water partition coefficient (Wildman–Crippen LogP) is 1.40. The number of hydrogen-bond acceptors (Lipinski definition) is 7. The maximum absolute atomic E-state index is 12.4. The summed E-state index contributed by atoms with van der Waals surface area (Å²) in [6.45, 7) is 4.19. The van der Waals surface area contributed by atoms with Crippen LogP contribution in [0, 0.1) is 6.92 Å². The Bertz CT molecular complexity index is 983. The van der Waals surface area contributed by atoms with Crippen molar-refractivity contribution in [3.8, 4) is 5.75 Å². The summed E-state index contributed by atoms with van der Waals surface area (Å²) in [6.07, 6.45) is 1.13. The van der Waals surface area contributed by atoms with E-state index in [1.165, 1.54) is 13.2 Å². The smallest absolute Gasteiger partial charge is 0.336 e. The van der Waals surface area contributed by atoms with Crippen LogP contribution in [-0.4, -0.2) is 56.2 Å². The van der Waals surface area contributed by atoms with E-state index in [1.54, 1.807) is 6.07 Å². The third kappa shape index (κ3) is 4.59. The molecule has 0 radical (unpaired) electrons. The molecule has 1 aliphatic heterocycles. The average Bonchev–Trinajstić information content (AvgIpc) is 3.04. The lowest BCUT2D eigenvalue weighted by Crippen LogP contribution is -2.39. The SMILES string of the molecule is CCc1cc(=O)oc2cc(C)cc(OCC(=O)N[C@@H]3C[C@@H](C(=O)OC)N(C)C3)c12. The van der Waals surface area contributed by atoms with Crippen molar-refractivity contribution in [1.82, 2.24) is 10.2 Å². The average molecular weight is 402 g/mol. The maximum atomic E-state index is 12.4. The van der Waals surface area contributed by atoms with Crippen LogP contribution in [0.25, 0.3) is 11.0 Å². The Morgan fingerprint density at radius 1 is 1.31 bits per heavy atom. The number of carbonyl (C=O) groups excluding carboxylic acids is 2. The van der Waals surface area contributed by atoms with Crippen molar-refractivity contribution in [1.29, 1.82) is 0 Å². The van der Waals surface area contributed by atoms with Gasteiger partial charge in [-0.3, -0.25) is 14.5 Å². The molecule has 2 atom stereocenters. The number of rotatable bonds is 6. The molecule has 0 bridgehead atoms. The lowest BCUT2D eigenvalue weighted by Gasteiger charge is -2.15. The lowest BCUT2D eigenvalue weighted by atomic mass is 10.1. The number of likely N-dealkylation sites (N-methyl/N-ethyl adjacent to an activating group) is 1. The van der Waals surface area contributed by atoms with E-state index in [0.717, 1.165) is 11.1 Å². The standard InChI is InChI=1S/C21H26N2O6/c1-5-13-8-19(25)29-17-7-12(2)6-16(20(13)17)28-11-18(24)22-14-9-15(21(26)27-4)23(3)10-14/h6-8,14-15H,5,9-11H2,1-4H3,(H,22,24)/t14-,15+/m1/s1. The van der Waals surface area contributed by atoms with Gasteiger partial charge < -0.3 is 19.2 Å². The molecule has 1 N–H and O–H groups in total. The van der Waals surface area contributed by atoms with E-state index in [0.29, 0.717) is 36.1 Å². The molecule has 29 heavy (non-hydrogen) atoms. The van der Waals surface area contributed by atoms with Crippen LogP contribution in [-0.2, 0) is 20.7 Å². The molecule has 1 aromatic carbocycles. The summed E-state index contributed by atoms with van der Waals surface area (Å²) >= 11 is 0. The van der Waals surface area contributed by atoms with Crippen molar-refractivity contribution < 1.29 is 23.5 Å². The molecule has 0 spiro atoms. The van der Waals surface area contributed by atoms with Crippen LogP contribution in [0.2, 0.25) is 0 Å². The van der Waals surface area contributed by atoms with Crippen molar-refractivity contribution in [2.75, 3.05) is 27.3 Å². The van der Waals surface area contributed by atoms with Gasteiger partial charge in [0, 0.05) is 18.7 Å². The fourth-order valence-electron chi connectivity index (χ4n) is 3.79. The van der Waals surface area contributed by atoms with E-state index < -0.39 is 5.63 Å². The second-order valence-electron chi connectivity index (χ2n) is 7.35. The van der Waals surface area contributed by atoms with Gasteiger partial charge in [0.2, 0.25) is 0 Å². The Balaban J connectivity index is 1.70. The van der Waals surface area contributed by atoms with Crippen molar-refractivity contribution in [3.63, 3.8) is 0 Å². The summed E-state index contributed by atoms with van der Waals surface area (Å²) in [7, 11) is 3.18. The number of aryl methyl sites for hydroxylation is 2. The molecule has 156 valence electrons. The van der Waals surface area contributed by atoms with Gasteiger partial charge in [-0.05, 0) is 50.1 Å². The van der Waals surface area contributed by atoms with Gasteiger partial charge in [-0.2, -0.15) is 0 Å². The lowest BCUT2D eigenvalue weighted by molar-refractivity contribution is -0.145. The third-order valence-corrected chi connectivity index (χ3v) is 5.16. The van der Waals surface area contributed by atoms with Crippen LogP contribution < -0.4 is 15.7 Å². The third-order valence-electron chi connectivity index (χ3n) is 5.16. The summed E-state index contributed by atoms with van der Waals surface area (Å²) in [4.78, 5) is 37.8. The van der Waals surface area contributed by atoms with Gasteiger partial charge in [-0.25, -0.2) is 4.79 Å². The molecule has 0 aliphatic carbocycles. The van der Waals surface area contributed by atoms with E-state index in [2.05, 4.69) is 5.32 Å². The molecule has 2 aromatic rings. The molecule has 3 rings (SSSR count). The first-order chi connectivity index (χ1) is 13.8. The molecular weight excluding hydrogens is 376 g/mol. The molecule has 1 amide bonds. The molecule has 1 aliphatic rings. The summed E-state index contributed by atoms with van der Waals surface area (Å²) in [5, 5.41) is 3.61. The molecular formula is C21H26N2O6. The van der Waals surface area contributed by atoms with E-state index in [-0.39, 0.29) is 30.6 Å². The van der Waals surface area contributed by atoms with Gasteiger partial charge in [0.1, 0.15) is 17.4 Å². The Hall–Kier alpha value is -2.87. The fourth-order valence-corrected chi connectivity index (χ4v) is 3.79. The van der Waals surface area contributed by atoms with E-state index >= 15 is 0 Å². The number of ether oxygens (including phenoxy) is 2. The van der Waals surface area contributed by atoms with Gasteiger partial charge in [-0.1, -0.05) is 6.92 Å². The molecule has 1 fully saturated rings. The first kappa shape index (κ1) is 20.9. The Morgan fingerprint density at radius 3 is 2.76 bits per heavy atom. The number of esters is 1. The zero-order chi connectivity index (χ0) is 21.1. The molecule has 8 nitrogen and oxygen atoms in total. The monoisotopic (exact) mass is 402 g/mol. The van der Waals surface area contributed by atoms with E-state index in [4.69, 9.17) is 13.9 Å². The van der Waals surface area contributed by atoms with Gasteiger partial charge in [0.25, 0.3) is 5.91 Å². The van der Waals surface area contributed by atoms with Crippen LogP contribution in [0.5, 0.6) is 5.75 Å². The first-order valence-corrected chi connectivity index (χ1v) is 9.60. The molecule has 0 unspecified atom stereocenters. The number of nitrogens with one attached hydrogen (secondary N) is 1. The molecule has 1 aromatic heterocycles. The Morgan fingerprint density at radius 2 is 2.07 bits per heavy atom. The number of carbonyl (C=O) groups is 2. The van der Waals surface area contributed by atoms with Crippen LogP contribution >= 0.6 is 0 Å². The predicted molar refractivity (Wildman–Crippen MR) is 107 cm³/mol. The second kappa shape index (κ2) is 8.65. The van der Waals surface area contributed by atoms with Crippen LogP contribution in [0.15, 0.2) is 27.4 Å². The normalized spacial score (nSPS) is 19.3. The summed E-state index contributed by atoms with van der Waals surface area (Å²) in [6, 6.07) is 4.54. The zero-order valence-electron chi connectivity index (χ0n) is 17.1. The number of methoxy groups -OCH3 is 1. The largest absolute Gasteiger partial charge is 0.483 e. The molecule has 8 heteroatoms. The van der Waals surface area contributed by atoms with Gasteiger partial charge in [-0.15, -0.1) is 0 Å². The second-order valence-corrected chi connectivity index (χ2v) is 7.35. The minimum Gasteiger partial charge on any atom is -0.483 e. The molecule has 2 heterocycles. The highest BCUT2D eigenvalue weighted by molar-refractivity contribution is 5.88. The van der Waals surface area contributed by atoms with Gasteiger partial charge in [0.05, 0.1) is 12.5 Å². The minimum atomic E-state index is -0.408. The highest BCUT2D eigenvalue weighted by Crippen LogP contribution is 2.30. The number of fused-ring (bicyclic) bond motifs is 1. The van der Waals surface area contributed by atoms with Crippen LogP contribution in [0.1, 0.15) is 24.5 Å². The molecule has 1 saturated heterocycles. The van der Waals surface area contributed by atoms with Crippen LogP contribution in [0.3, 0.4) is 0 Å². The van der Waals surface area contributed by atoms with Crippen molar-refractivity contribution in [2.45, 2.75) is 38.8 Å². The highest BCUT2D eigenvalue weighted by atomic mass is 16.5. The number of benzene rings is 1. The zero-order valence-corrected chi connectivity index (χ0v) is 17.1. The maximum Gasteiger partial charge on any atom is 0.336 e. The Labute approximate surface area is 168 Å². The minimum absolute atomic E-state index is 0.154. The van der Waals surface area contributed by atoms with Crippen molar-refractivity contribution >= 4 is 22.8 Å². The van der Waals surface area contributed by atoms with Gasteiger partial charge in [0.15, 0.2) is 6.61 Å². The highest BCUT2D eigenvalue weighted by Gasteiger charge is 2.35. The summed E-state index contributed by atoms with van der Waals surface area (Å²) in [5.74, 6) is -0.0777. The van der Waals surface area contributed by atoms with E-state index in [1.807, 2.05) is 31.9 Å². The number of amides is 1. The van der Waals surface area contributed by atoms with E-state index in [9.17, 15) is 14.4 Å². The quantitative estimate of drug-likeness (QED) is 0.576. The topological polar surface area (TPSA) is 98.1 Å². The number of hydrogen-bond donors (Lipinski definition) is 1.